The van der Waals surface area contributed by atoms with Crippen LogP contribution in [0, 0.1) is 11.8 Å². The Kier molecular flexibility index (Phi) is 30.0. The lowest BCUT2D eigenvalue weighted by Crippen LogP contribution is -2.60. The first kappa shape index (κ1) is 66.0. The number of aliphatic hydroxyl groups is 1. The fourth-order valence-corrected chi connectivity index (χ4v) is 8.52. The first-order chi connectivity index (χ1) is 36.0. The van der Waals surface area contributed by atoms with Gasteiger partial charge in [-0.3, -0.25) is 43.2 Å². The number of carbonyl (C=O) groups excluding carboxylic acids is 9. The summed E-state index contributed by atoms with van der Waals surface area (Å²) in [4.78, 5) is 137. The third-order valence-corrected chi connectivity index (χ3v) is 13.0. The number of aliphatic carboxylic acids is 1. The number of phenolic OH excluding ortho intramolecular Hbond substituents is 1. The molecule has 9 atom stereocenters. The van der Waals surface area contributed by atoms with Gasteiger partial charge in [0, 0.05) is 18.7 Å². The summed E-state index contributed by atoms with van der Waals surface area (Å²) in [5, 5.41) is 50.1. The van der Waals surface area contributed by atoms with E-state index in [1.54, 1.807) is 45.0 Å². The molecule has 428 valence electrons. The summed E-state index contributed by atoms with van der Waals surface area (Å²) in [6, 6.07) is -4.01. The molecule has 0 radical (unpaired) electrons. The number of carboxylic acid groups (broad SMARTS) is 1. The van der Waals surface area contributed by atoms with Crippen molar-refractivity contribution in [2.45, 2.75) is 147 Å². The standard InChI is InChI=1S/C50H84N12O13S/c1-7-30(4)42(48(72)58-36(50(74)75)23-29(2)3)60-45(69)35(24-31-16-18-32(64)19-17-31)57-47(71)39-15-12-22-62(39)49(73)34(14-9-11-21-52)56-44(68)33(13-8-10-20-51)54-40(65)25-53-43(67)38(28-76)59-46(70)37(27-63)55-41(66)26-61(5)6/h16-19,29-30,33-39,42,63-64,76H,7-15,20-28,51-52H2,1-6H3,(H,53,67)(H,54,65)(H,55,66)(H,56,68)(H,57,71)(H,58,72)(H,59,70)(H,60,69)(H,74,75)/t30-,33-,34-,35-,36-,37-,38-,39-,42-/m0/s1. The number of carboxylic acids is 1. The number of nitrogens with one attached hydrogen (secondary N) is 8. The number of likely N-dealkylation sites (tertiary alicyclic amines) is 1. The molecule has 0 aliphatic carbocycles. The lowest BCUT2D eigenvalue weighted by Gasteiger charge is -2.31. The van der Waals surface area contributed by atoms with E-state index in [2.05, 4.69) is 55.2 Å². The second-order valence-corrected chi connectivity index (χ2v) is 20.1. The van der Waals surface area contributed by atoms with E-state index in [9.17, 15) is 63.3 Å². The van der Waals surface area contributed by atoms with Crippen LogP contribution in [-0.4, -0.2) is 192 Å². The third kappa shape index (κ3) is 23.0. The number of aromatic hydroxyl groups is 1. The van der Waals surface area contributed by atoms with Crippen LogP contribution in [0.2, 0.25) is 0 Å². The summed E-state index contributed by atoms with van der Waals surface area (Å²) in [6.07, 6.45) is 2.96. The average Bonchev–Trinajstić information content (AvgIpc) is 3.87. The van der Waals surface area contributed by atoms with E-state index in [0.717, 1.165) is 0 Å². The Bertz CT molecular complexity index is 2080. The molecule has 1 heterocycles. The predicted molar refractivity (Wildman–Crippen MR) is 285 cm³/mol. The van der Waals surface area contributed by atoms with Gasteiger partial charge in [-0.2, -0.15) is 12.6 Å². The summed E-state index contributed by atoms with van der Waals surface area (Å²) >= 11 is 4.13. The fourth-order valence-electron chi connectivity index (χ4n) is 8.27. The van der Waals surface area contributed by atoms with Crippen molar-refractivity contribution < 1.29 is 63.3 Å². The number of hydrogen-bond donors (Lipinski definition) is 14. The number of amides is 9. The molecule has 0 bridgehead atoms. The van der Waals surface area contributed by atoms with Gasteiger partial charge < -0.3 is 79.1 Å². The summed E-state index contributed by atoms with van der Waals surface area (Å²) in [5.74, 6) is -8.59. The molecular formula is C50H84N12O13S. The molecule has 2 rings (SSSR count). The Balaban J connectivity index is 2.34. The van der Waals surface area contributed by atoms with E-state index in [0.29, 0.717) is 44.1 Å². The maximum absolute atomic E-state index is 14.6. The Morgan fingerprint density at radius 1 is 0.711 bits per heavy atom. The number of thiol groups is 1. The maximum Gasteiger partial charge on any atom is 0.326 e. The normalized spacial score (nSPS) is 16.4. The Morgan fingerprint density at radius 2 is 1.28 bits per heavy atom. The molecule has 1 aliphatic rings. The zero-order valence-corrected chi connectivity index (χ0v) is 45.6. The van der Waals surface area contributed by atoms with Crippen molar-refractivity contribution in [3.8, 4) is 5.75 Å². The Labute approximate surface area is 450 Å². The molecule has 0 aromatic heterocycles. The molecule has 1 aromatic rings. The predicted octanol–water partition coefficient (Wildman–Crippen LogP) is -2.65. The van der Waals surface area contributed by atoms with Crippen LogP contribution in [0.3, 0.4) is 0 Å². The fraction of sp³-hybridized carbons (Fsp3) is 0.680. The lowest BCUT2D eigenvalue weighted by atomic mass is 9.96. The zero-order chi connectivity index (χ0) is 57.1. The van der Waals surface area contributed by atoms with Gasteiger partial charge in [-0.15, -0.1) is 0 Å². The van der Waals surface area contributed by atoms with Gasteiger partial charge in [0.05, 0.1) is 19.7 Å². The summed E-state index contributed by atoms with van der Waals surface area (Å²) < 4.78 is 0. The Morgan fingerprint density at radius 3 is 1.83 bits per heavy atom. The van der Waals surface area contributed by atoms with Crippen molar-refractivity contribution in [3.05, 3.63) is 29.8 Å². The molecule has 1 aliphatic heterocycles. The van der Waals surface area contributed by atoms with Crippen molar-refractivity contribution in [2.24, 2.45) is 23.3 Å². The lowest BCUT2D eigenvalue weighted by molar-refractivity contribution is -0.143. The number of aliphatic hydroxyl groups excluding tert-OH is 1. The molecule has 15 N–H and O–H groups in total. The van der Waals surface area contributed by atoms with Gasteiger partial charge in [-0.1, -0.05) is 46.2 Å². The van der Waals surface area contributed by atoms with Crippen molar-refractivity contribution in [3.63, 3.8) is 0 Å². The van der Waals surface area contributed by atoms with Crippen LogP contribution in [0.15, 0.2) is 24.3 Å². The van der Waals surface area contributed by atoms with Crippen molar-refractivity contribution in [2.75, 3.05) is 59.2 Å². The number of nitrogens with zero attached hydrogens (tertiary/aromatic N) is 2. The van der Waals surface area contributed by atoms with Gasteiger partial charge in [0.25, 0.3) is 0 Å². The number of benzene rings is 1. The number of phenols is 1. The van der Waals surface area contributed by atoms with Crippen LogP contribution in [0.1, 0.15) is 97.5 Å². The first-order valence-corrected chi connectivity index (χ1v) is 26.6. The molecule has 1 saturated heterocycles. The van der Waals surface area contributed by atoms with Gasteiger partial charge >= 0.3 is 5.97 Å². The zero-order valence-electron chi connectivity index (χ0n) is 44.7. The maximum atomic E-state index is 14.6. The Hall–Kier alpha value is -6.09. The quantitative estimate of drug-likeness (QED) is 0.0244. The molecule has 1 fully saturated rings. The van der Waals surface area contributed by atoms with Crippen LogP contribution >= 0.6 is 12.6 Å². The SMILES string of the molecule is CC[C@H](C)[C@H](NC(=O)[C@H](Cc1ccc(O)cc1)NC(=O)[C@@H]1CCCN1C(=O)[C@H](CCCCN)NC(=O)[C@H](CCCCN)NC(=O)CNC(=O)[C@H](CS)NC(=O)[C@H](CO)NC(=O)CN(C)C)C(=O)N[C@@H](CC(C)C)C(=O)O. The number of nitrogens with two attached hydrogens (primary N) is 2. The minimum absolute atomic E-state index is 0.0420. The number of rotatable bonds is 35. The summed E-state index contributed by atoms with van der Waals surface area (Å²) in [5.41, 5.74) is 12.0. The van der Waals surface area contributed by atoms with Gasteiger partial charge in [0.15, 0.2) is 0 Å². The monoisotopic (exact) mass is 1090 g/mol. The van der Waals surface area contributed by atoms with Crippen LogP contribution in [-0.2, 0) is 54.4 Å². The largest absolute Gasteiger partial charge is 0.508 e. The smallest absolute Gasteiger partial charge is 0.326 e. The van der Waals surface area contributed by atoms with Crippen LogP contribution in [0.25, 0.3) is 0 Å². The first-order valence-electron chi connectivity index (χ1n) is 26.0. The highest BCUT2D eigenvalue weighted by molar-refractivity contribution is 7.80. The molecule has 0 saturated carbocycles. The van der Waals surface area contributed by atoms with E-state index in [4.69, 9.17) is 11.5 Å². The van der Waals surface area contributed by atoms with E-state index >= 15 is 0 Å². The topological polar surface area (TPSA) is 386 Å². The van der Waals surface area contributed by atoms with Gasteiger partial charge in [0.1, 0.15) is 54.1 Å². The van der Waals surface area contributed by atoms with Gasteiger partial charge in [-0.05, 0) is 115 Å². The van der Waals surface area contributed by atoms with E-state index in [-0.39, 0.29) is 75.7 Å². The van der Waals surface area contributed by atoms with Crippen LogP contribution < -0.4 is 54.0 Å². The molecule has 76 heavy (non-hydrogen) atoms. The molecule has 0 unspecified atom stereocenters. The van der Waals surface area contributed by atoms with Crippen molar-refractivity contribution >= 4 is 71.8 Å². The highest BCUT2D eigenvalue weighted by Crippen LogP contribution is 2.22. The number of unbranched alkanes of at least 4 members (excludes halogenated alkanes) is 2. The summed E-state index contributed by atoms with van der Waals surface area (Å²) in [6.45, 7) is 6.34. The van der Waals surface area contributed by atoms with Crippen LogP contribution in [0.5, 0.6) is 5.75 Å². The molecule has 1 aromatic carbocycles. The molecule has 25 nitrogen and oxygen atoms in total. The molecule has 26 heteroatoms. The molecule has 0 spiro atoms. The summed E-state index contributed by atoms with van der Waals surface area (Å²) in [7, 11) is 3.27. The minimum atomic E-state index is -1.38. The van der Waals surface area contributed by atoms with Crippen molar-refractivity contribution in [1.29, 1.82) is 0 Å². The second kappa shape index (κ2) is 34.5. The van der Waals surface area contributed by atoms with E-state index in [1.165, 1.54) is 17.0 Å². The molecule has 9 amide bonds. The highest BCUT2D eigenvalue weighted by Gasteiger charge is 2.40. The number of carbonyl (C=O) groups is 10. The van der Waals surface area contributed by atoms with Crippen molar-refractivity contribution in [1.82, 2.24) is 52.3 Å². The highest BCUT2D eigenvalue weighted by atomic mass is 32.1. The molecular weight excluding hydrogens is 1010 g/mol. The van der Waals surface area contributed by atoms with Gasteiger partial charge in [0.2, 0.25) is 53.2 Å². The van der Waals surface area contributed by atoms with Gasteiger partial charge in [-0.25, -0.2) is 4.79 Å². The number of likely N-dealkylation sites (N-methyl/N-ethyl adjacent to an activating group) is 1. The number of hydrogen-bond acceptors (Lipinski definition) is 16. The average molecular weight is 1090 g/mol. The van der Waals surface area contributed by atoms with E-state index < -0.39 is 127 Å². The third-order valence-electron chi connectivity index (χ3n) is 12.7. The van der Waals surface area contributed by atoms with E-state index in [1.807, 2.05) is 13.8 Å². The minimum Gasteiger partial charge on any atom is -0.508 e. The second-order valence-electron chi connectivity index (χ2n) is 19.8. The van der Waals surface area contributed by atoms with Crippen LogP contribution in [0.4, 0.5) is 0 Å².